The number of phenols is 1. The molecule has 0 amide bonds. The van der Waals surface area contributed by atoms with Crippen LogP contribution in [0.1, 0.15) is 12.5 Å². The van der Waals surface area contributed by atoms with Crippen LogP contribution in [0.25, 0.3) is 0 Å². The number of rotatable bonds is 4. The van der Waals surface area contributed by atoms with Gasteiger partial charge in [-0.05, 0) is 37.3 Å². The van der Waals surface area contributed by atoms with Crippen LogP contribution in [0, 0.1) is 0 Å². The molecule has 0 atom stereocenters. The standard InChI is InChI=1S/C19H22N2O2S/c1-2-23-18-14-15(8-9-17(18)22)19(24)21-12-10-20(11-13-21)16-6-4-3-5-7-16/h3-9,14,22H,2,10-13H2,1H3. The Hall–Kier alpha value is -2.27. The lowest BCUT2D eigenvalue weighted by atomic mass is 10.1. The molecule has 5 heteroatoms. The molecule has 1 fully saturated rings. The highest BCUT2D eigenvalue weighted by atomic mass is 32.1. The van der Waals surface area contributed by atoms with Crippen LogP contribution in [0.3, 0.4) is 0 Å². The number of piperazine rings is 1. The summed E-state index contributed by atoms with van der Waals surface area (Å²) < 4.78 is 5.45. The molecule has 126 valence electrons. The zero-order valence-corrected chi connectivity index (χ0v) is 14.6. The minimum Gasteiger partial charge on any atom is -0.504 e. The van der Waals surface area contributed by atoms with E-state index in [9.17, 15) is 5.11 Å². The van der Waals surface area contributed by atoms with Crippen molar-refractivity contribution in [2.45, 2.75) is 6.92 Å². The van der Waals surface area contributed by atoms with E-state index < -0.39 is 0 Å². The molecule has 0 bridgehead atoms. The summed E-state index contributed by atoms with van der Waals surface area (Å²) in [6, 6.07) is 15.8. The van der Waals surface area contributed by atoms with Crippen molar-refractivity contribution in [3.8, 4) is 11.5 Å². The van der Waals surface area contributed by atoms with Crippen molar-refractivity contribution >= 4 is 22.9 Å². The monoisotopic (exact) mass is 342 g/mol. The van der Waals surface area contributed by atoms with Gasteiger partial charge in [0.15, 0.2) is 11.5 Å². The number of phenolic OH excluding ortho intramolecular Hbond substituents is 1. The summed E-state index contributed by atoms with van der Waals surface area (Å²) >= 11 is 5.65. The number of anilines is 1. The third-order valence-corrected chi connectivity index (χ3v) is 4.69. The molecule has 1 N–H and O–H groups in total. The van der Waals surface area contributed by atoms with Gasteiger partial charge in [0, 0.05) is 37.4 Å². The van der Waals surface area contributed by atoms with Crippen LogP contribution in [0.15, 0.2) is 48.5 Å². The fourth-order valence-corrected chi connectivity index (χ4v) is 3.22. The van der Waals surface area contributed by atoms with Gasteiger partial charge in [-0.25, -0.2) is 0 Å². The Labute approximate surface area is 148 Å². The first-order valence-electron chi connectivity index (χ1n) is 8.24. The van der Waals surface area contributed by atoms with Crippen molar-refractivity contribution in [2.24, 2.45) is 0 Å². The minimum atomic E-state index is 0.150. The number of para-hydroxylation sites is 1. The van der Waals surface area contributed by atoms with E-state index in [2.05, 4.69) is 34.1 Å². The van der Waals surface area contributed by atoms with E-state index in [-0.39, 0.29) is 5.75 Å². The Kier molecular flexibility index (Phi) is 5.20. The Morgan fingerprint density at radius 1 is 1.08 bits per heavy atom. The second kappa shape index (κ2) is 7.53. The molecule has 2 aromatic carbocycles. The molecule has 2 aromatic rings. The fourth-order valence-electron chi connectivity index (χ4n) is 2.91. The summed E-state index contributed by atoms with van der Waals surface area (Å²) in [6.45, 7) is 6.07. The van der Waals surface area contributed by atoms with Gasteiger partial charge >= 0.3 is 0 Å². The number of thiocarbonyl (C=S) groups is 1. The van der Waals surface area contributed by atoms with Crippen molar-refractivity contribution in [3.63, 3.8) is 0 Å². The van der Waals surface area contributed by atoms with Crippen LogP contribution in [0.4, 0.5) is 5.69 Å². The number of hydrogen-bond donors (Lipinski definition) is 1. The van der Waals surface area contributed by atoms with Crippen LogP contribution in [0.2, 0.25) is 0 Å². The van der Waals surface area contributed by atoms with Gasteiger partial charge in [-0.3, -0.25) is 0 Å². The van der Waals surface area contributed by atoms with Crippen LogP contribution in [-0.4, -0.2) is 47.8 Å². The van der Waals surface area contributed by atoms with E-state index in [1.165, 1.54) is 5.69 Å². The highest BCUT2D eigenvalue weighted by molar-refractivity contribution is 7.80. The molecule has 0 unspecified atom stereocenters. The summed E-state index contributed by atoms with van der Waals surface area (Å²) in [4.78, 5) is 5.40. The van der Waals surface area contributed by atoms with Gasteiger partial charge in [-0.15, -0.1) is 0 Å². The maximum absolute atomic E-state index is 9.83. The summed E-state index contributed by atoms with van der Waals surface area (Å²) in [5, 5.41) is 9.83. The van der Waals surface area contributed by atoms with Gasteiger partial charge < -0.3 is 19.6 Å². The fraction of sp³-hybridized carbons (Fsp3) is 0.316. The second-order valence-corrected chi connectivity index (χ2v) is 6.12. The molecule has 0 aliphatic carbocycles. The molecule has 1 heterocycles. The summed E-state index contributed by atoms with van der Waals surface area (Å²) in [7, 11) is 0. The zero-order valence-electron chi connectivity index (χ0n) is 13.8. The predicted octanol–water partition coefficient (Wildman–Crippen LogP) is 3.29. The quantitative estimate of drug-likeness (QED) is 0.863. The lowest BCUT2D eigenvalue weighted by Crippen LogP contribution is -2.48. The van der Waals surface area contributed by atoms with Gasteiger partial charge in [-0.1, -0.05) is 30.4 Å². The molecule has 0 saturated carbocycles. The molecule has 0 aromatic heterocycles. The van der Waals surface area contributed by atoms with Crippen LogP contribution >= 0.6 is 12.2 Å². The van der Waals surface area contributed by atoms with E-state index >= 15 is 0 Å². The first-order valence-corrected chi connectivity index (χ1v) is 8.65. The maximum Gasteiger partial charge on any atom is 0.161 e. The Morgan fingerprint density at radius 3 is 2.46 bits per heavy atom. The molecular formula is C19H22N2O2S. The smallest absolute Gasteiger partial charge is 0.161 e. The molecule has 3 rings (SSSR count). The van der Waals surface area contributed by atoms with E-state index in [1.54, 1.807) is 6.07 Å². The topological polar surface area (TPSA) is 35.9 Å². The summed E-state index contributed by atoms with van der Waals surface area (Å²) in [5.74, 6) is 0.637. The number of benzene rings is 2. The number of hydrogen-bond acceptors (Lipinski definition) is 4. The zero-order chi connectivity index (χ0) is 16.9. The highest BCUT2D eigenvalue weighted by Gasteiger charge is 2.20. The van der Waals surface area contributed by atoms with Crippen molar-refractivity contribution in [2.75, 3.05) is 37.7 Å². The molecule has 4 nitrogen and oxygen atoms in total. The highest BCUT2D eigenvalue weighted by Crippen LogP contribution is 2.28. The number of ether oxygens (including phenoxy) is 1. The molecule has 0 spiro atoms. The maximum atomic E-state index is 9.83. The summed E-state index contributed by atoms with van der Waals surface area (Å²) in [6.07, 6.45) is 0. The van der Waals surface area contributed by atoms with Crippen molar-refractivity contribution in [1.82, 2.24) is 4.90 Å². The van der Waals surface area contributed by atoms with E-state index in [1.807, 2.05) is 25.1 Å². The van der Waals surface area contributed by atoms with Gasteiger partial charge in [0.25, 0.3) is 0 Å². The normalized spacial score (nSPS) is 14.5. The van der Waals surface area contributed by atoms with Gasteiger partial charge in [0.05, 0.1) is 6.61 Å². The molecule has 1 aliphatic rings. The first kappa shape index (κ1) is 16.6. The summed E-state index contributed by atoms with van der Waals surface area (Å²) in [5.41, 5.74) is 2.17. The van der Waals surface area contributed by atoms with Crippen molar-refractivity contribution in [3.05, 3.63) is 54.1 Å². The van der Waals surface area contributed by atoms with Crippen LogP contribution < -0.4 is 9.64 Å². The SMILES string of the molecule is CCOc1cc(C(=S)N2CCN(c3ccccc3)CC2)ccc1O. The molecule has 1 saturated heterocycles. The third kappa shape index (κ3) is 3.62. The van der Waals surface area contributed by atoms with Crippen LogP contribution in [-0.2, 0) is 0 Å². The van der Waals surface area contributed by atoms with Crippen molar-refractivity contribution < 1.29 is 9.84 Å². The van der Waals surface area contributed by atoms with Gasteiger partial charge in [0.2, 0.25) is 0 Å². The van der Waals surface area contributed by atoms with E-state index in [0.29, 0.717) is 12.4 Å². The Bertz CT molecular complexity index is 698. The molecule has 1 aliphatic heterocycles. The molecular weight excluding hydrogens is 320 g/mol. The number of nitrogens with zero attached hydrogens (tertiary/aromatic N) is 2. The average Bonchev–Trinajstić information content (AvgIpc) is 2.64. The largest absolute Gasteiger partial charge is 0.504 e. The minimum absolute atomic E-state index is 0.150. The average molecular weight is 342 g/mol. The predicted molar refractivity (Wildman–Crippen MR) is 101 cm³/mol. The van der Waals surface area contributed by atoms with Crippen LogP contribution in [0.5, 0.6) is 11.5 Å². The lowest BCUT2D eigenvalue weighted by molar-refractivity contribution is 0.318. The van der Waals surface area contributed by atoms with Crippen molar-refractivity contribution in [1.29, 1.82) is 0 Å². The Morgan fingerprint density at radius 2 is 1.79 bits per heavy atom. The third-order valence-electron chi connectivity index (χ3n) is 4.19. The molecule has 24 heavy (non-hydrogen) atoms. The Balaban J connectivity index is 1.66. The van der Waals surface area contributed by atoms with Gasteiger partial charge in [0.1, 0.15) is 4.99 Å². The van der Waals surface area contributed by atoms with Gasteiger partial charge in [-0.2, -0.15) is 0 Å². The molecule has 0 radical (unpaired) electrons. The number of aromatic hydroxyl groups is 1. The van der Waals surface area contributed by atoms with E-state index in [4.69, 9.17) is 17.0 Å². The first-order chi connectivity index (χ1) is 11.7. The second-order valence-electron chi connectivity index (χ2n) is 5.73. The lowest BCUT2D eigenvalue weighted by Gasteiger charge is -2.37. The van der Waals surface area contributed by atoms with E-state index in [0.717, 1.165) is 36.7 Å².